The lowest BCUT2D eigenvalue weighted by molar-refractivity contribution is -0.153. The molecular weight excluding hydrogens is 478 g/mol. The molecular formula is C27H33N3O7. The minimum absolute atomic E-state index is 0.0835. The first kappa shape index (κ1) is 25.4. The number of carbonyl (C=O) groups is 3. The highest BCUT2D eigenvalue weighted by atomic mass is 16.3. The lowest BCUT2D eigenvalue weighted by Crippen LogP contribution is -2.65. The number of amides is 1. The van der Waals surface area contributed by atoms with Crippen LogP contribution in [-0.2, 0) is 27.2 Å². The number of aliphatic hydroxyl groups excluding tert-OH is 2. The van der Waals surface area contributed by atoms with Crippen molar-refractivity contribution in [3.05, 3.63) is 45.2 Å². The second-order valence-electron chi connectivity index (χ2n) is 10.8. The zero-order chi connectivity index (χ0) is 27.0. The Kier molecular flexibility index (Phi) is 5.97. The van der Waals surface area contributed by atoms with E-state index in [2.05, 4.69) is 5.32 Å². The maximum atomic E-state index is 13.9. The topological polar surface area (TPSA) is 173 Å². The first-order chi connectivity index (χ1) is 17.4. The maximum absolute atomic E-state index is 13.9. The van der Waals surface area contributed by atoms with Crippen molar-refractivity contribution in [1.29, 1.82) is 0 Å². The molecule has 0 spiro atoms. The highest BCUT2D eigenvalue weighted by molar-refractivity contribution is 6.24. The Hall–Kier alpha value is -3.21. The van der Waals surface area contributed by atoms with Crippen molar-refractivity contribution in [3.8, 4) is 5.75 Å². The summed E-state index contributed by atoms with van der Waals surface area (Å²) in [6.45, 7) is 2.88. The summed E-state index contributed by atoms with van der Waals surface area (Å²) >= 11 is 0. The van der Waals surface area contributed by atoms with E-state index in [1.54, 1.807) is 20.2 Å². The number of Topliss-reactive ketones (excluding diaryl/α,β-unsaturated/α-hetero) is 2. The van der Waals surface area contributed by atoms with Crippen LogP contribution < -0.4 is 11.1 Å². The molecule has 5 rings (SSSR count). The van der Waals surface area contributed by atoms with Gasteiger partial charge in [0.15, 0.2) is 11.4 Å². The molecule has 5 atom stereocenters. The van der Waals surface area contributed by atoms with Crippen molar-refractivity contribution in [2.75, 3.05) is 20.6 Å². The van der Waals surface area contributed by atoms with Crippen molar-refractivity contribution < 1.29 is 34.8 Å². The summed E-state index contributed by atoms with van der Waals surface area (Å²) in [7, 11) is 3.17. The zero-order valence-corrected chi connectivity index (χ0v) is 21.2. The first-order valence-electron chi connectivity index (χ1n) is 12.7. The van der Waals surface area contributed by atoms with E-state index in [0.717, 1.165) is 36.1 Å². The first-order valence-corrected chi connectivity index (χ1v) is 12.7. The van der Waals surface area contributed by atoms with E-state index in [-0.39, 0.29) is 29.3 Å². The number of likely N-dealkylation sites (N-methyl/N-ethyl adjacent to an activating group) is 1. The van der Waals surface area contributed by atoms with Crippen LogP contribution in [-0.4, -0.2) is 75.1 Å². The molecule has 1 aromatic rings. The van der Waals surface area contributed by atoms with Crippen molar-refractivity contribution in [2.45, 2.75) is 56.7 Å². The van der Waals surface area contributed by atoms with E-state index < -0.39 is 58.0 Å². The number of primary amides is 1. The molecule has 1 saturated heterocycles. The fourth-order valence-electron chi connectivity index (χ4n) is 7.09. The summed E-state index contributed by atoms with van der Waals surface area (Å²) in [5.74, 6) is -6.34. The van der Waals surface area contributed by atoms with Crippen LogP contribution in [0.5, 0.6) is 5.75 Å². The maximum Gasteiger partial charge on any atom is 0.255 e. The van der Waals surface area contributed by atoms with Crippen LogP contribution in [0.1, 0.15) is 54.5 Å². The number of benzene rings is 1. The van der Waals surface area contributed by atoms with Crippen molar-refractivity contribution in [2.24, 2.45) is 17.6 Å². The van der Waals surface area contributed by atoms with Gasteiger partial charge < -0.3 is 31.5 Å². The molecule has 2 fully saturated rings. The summed E-state index contributed by atoms with van der Waals surface area (Å²) < 4.78 is 0. The quantitative estimate of drug-likeness (QED) is 0.322. The fourth-order valence-corrected chi connectivity index (χ4v) is 7.09. The highest BCUT2D eigenvalue weighted by Crippen LogP contribution is 2.53. The van der Waals surface area contributed by atoms with Crippen molar-refractivity contribution in [1.82, 2.24) is 10.2 Å². The summed E-state index contributed by atoms with van der Waals surface area (Å²) in [4.78, 5) is 40.7. The number of nitrogens with zero attached hydrogens (tertiary/aromatic N) is 1. The molecule has 10 heteroatoms. The Bertz CT molecular complexity index is 1290. The number of phenols is 1. The Labute approximate surface area is 214 Å². The predicted molar refractivity (Wildman–Crippen MR) is 134 cm³/mol. The van der Waals surface area contributed by atoms with Crippen molar-refractivity contribution in [3.63, 3.8) is 0 Å². The molecule has 7 N–H and O–H groups in total. The minimum Gasteiger partial charge on any atom is -0.508 e. The van der Waals surface area contributed by atoms with E-state index in [1.807, 2.05) is 6.92 Å². The normalized spacial score (nSPS) is 31.5. The number of aliphatic hydroxyl groups is 3. The number of nitrogens with one attached hydrogen (secondary N) is 1. The SMILES string of the molecule is CCc1c(C2CCCN2)cc(O)c2c1C[C@H]1C[C@H]3[C@H](N(C)C)C(=O)C(C(N)=O)=C(O)[C@@]3(O)C(=O)C1=C2O. The van der Waals surface area contributed by atoms with Gasteiger partial charge in [-0.05, 0) is 81.4 Å². The van der Waals surface area contributed by atoms with E-state index in [1.165, 1.54) is 4.90 Å². The standard InChI is InChI=1S/C27H33N3O7/c1-4-12-13(16-6-5-7-29-16)10-17(31)19-14(12)8-11-9-15-21(30(2)3)23(33)20(26(28)36)25(35)27(15,37)24(34)18(11)22(19)32/h10-11,15-16,21,29,31-32,35,37H,4-9H2,1-3H3,(H2,28,36)/t11-,15-,16?,21-,27-/m0/s1. The van der Waals surface area contributed by atoms with Crippen molar-refractivity contribution >= 4 is 23.2 Å². The van der Waals surface area contributed by atoms with Gasteiger partial charge in [0.25, 0.3) is 5.91 Å². The summed E-state index contributed by atoms with van der Waals surface area (Å²) in [5.41, 5.74) is 4.65. The van der Waals surface area contributed by atoms with E-state index in [0.29, 0.717) is 12.8 Å². The third-order valence-electron chi connectivity index (χ3n) is 8.67. The molecule has 3 aliphatic carbocycles. The average molecular weight is 512 g/mol. The van der Waals surface area contributed by atoms with Crippen LogP contribution in [0.15, 0.2) is 23.0 Å². The van der Waals surface area contributed by atoms with Gasteiger partial charge in [0, 0.05) is 17.5 Å². The van der Waals surface area contributed by atoms with Crippen LogP contribution in [0.3, 0.4) is 0 Å². The van der Waals surface area contributed by atoms with Crippen LogP contribution in [0, 0.1) is 11.8 Å². The van der Waals surface area contributed by atoms with Crippen LogP contribution in [0.4, 0.5) is 0 Å². The number of rotatable bonds is 4. The Balaban J connectivity index is 1.72. The number of aromatic hydroxyl groups is 1. The average Bonchev–Trinajstić information content (AvgIpc) is 3.35. The minimum atomic E-state index is -2.62. The molecule has 1 amide bonds. The smallest absolute Gasteiger partial charge is 0.255 e. The van der Waals surface area contributed by atoms with Gasteiger partial charge in [-0.15, -0.1) is 0 Å². The van der Waals surface area contributed by atoms with Crippen LogP contribution in [0.25, 0.3) is 5.76 Å². The Morgan fingerprint density at radius 2 is 1.95 bits per heavy atom. The number of ketones is 2. The third-order valence-corrected chi connectivity index (χ3v) is 8.67. The Morgan fingerprint density at radius 1 is 1.24 bits per heavy atom. The number of hydrogen-bond donors (Lipinski definition) is 6. The van der Waals surface area contributed by atoms with Gasteiger partial charge in [-0.2, -0.15) is 0 Å². The monoisotopic (exact) mass is 511 g/mol. The molecule has 1 saturated carbocycles. The van der Waals surface area contributed by atoms with Crippen LogP contribution in [0.2, 0.25) is 0 Å². The van der Waals surface area contributed by atoms with Gasteiger partial charge in [-0.25, -0.2) is 0 Å². The molecule has 4 aliphatic rings. The molecule has 1 aromatic carbocycles. The summed E-state index contributed by atoms with van der Waals surface area (Å²) in [6.07, 6.45) is 2.99. The molecule has 198 valence electrons. The van der Waals surface area contributed by atoms with Crippen LogP contribution >= 0.6 is 0 Å². The van der Waals surface area contributed by atoms with Gasteiger partial charge in [-0.3, -0.25) is 19.3 Å². The second kappa shape index (κ2) is 8.68. The van der Waals surface area contributed by atoms with E-state index in [4.69, 9.17) is 5.73 Å². The molecule has 10 nitrogen and oxygen atoms in total. The Morgan fingerprint density at radius 3 is 2.51 bits per heavy atom. The second-order valence-corrected chi connectivity index (χ2v) is 10.8. The number of hydrogen-bond acceptors (Lipinski definition) is 9. The molecule has 1 heterocycles. The number of nitrogens with two attached hydrogens (primary N) is 1. The molecule has 0 aromatic heterocycles. The van der Waals surface area contributed by atoms with Gasteiger partial charge in [0.05, 0.1) is 11.6 Å². The summed E-state index contributed by atoms with van der Waals surface area (Å²) in [6, 6.07) is 0.623. The van der Waals surface area contributed by atoms with Gasteiger partial charge in [0.2, 0.25) is 5.78 Å². The number of phenolic OH excluding ortho intramolecular Hbond substituents is 1. The molecule has 0 bridgehead atoms. The number of carbonyl (C=O) groups excluding carboxylic acids is 3. The third kappa shape index (κ3) is 3.39. The largest absolute Gasteiger partial charge is 0.508 e. The highest BCUT2D eigenvalue weighted by Gasteiger charge is 2.64. The lowest BCUT2D eigenvalue weighted by atomic mass is 9.57. The molecule has 1 unspecified atom stereocenters. The summed E-state index contributed by atoms with van der Waals surface area (Å²) in [5, 5.41) is 48.4. The van der Waals surface area contributed by atoms with Gasteiger partial charge in [-0.1, -0.05) is 6.92 Å². The predicted octanol–water partition coefficient (Wildman–Crippen LogP) is 0.951. The number of fused-ring (bicyclic) bond motifs is 3. The molecule has 37 heavy (non-hydrogen) atoms. The lowest BCUT2D eigenvalue weighted by Gasteiger charge is -2.50. The fraction of sp³-hybridized carbons (Fsp3) is 0.519. The van der Waals surface area contributed by atoms with Gasteiger partial charge in [0.1, 0.15) is 22.8 Å². The molecule has 1 aliphatic heterocycles. The van der Waals surface area contributed by atoms with E-state index >= 15 is 0 Å². The molecule has 0 radical (unpaired) electrons. The zero-order valence-electron chi connectivity index (χ0n) is 21.2. The van der Waals surface area contributed by atoms with E-state index in [9.17, 15) is 34.8 Å². The van der Waals surface area contributed by atoms with Gasteiger partial charge >= 0.3 is 0 Å².